The van der Waals surface area contributed by atoms with Crippen molar-refractivity contribution in [3.63, 3.8) is 0 Å². The number of benzene rings is 11. The highest BCUT2D eigenvalue weighted by Crippen LogP contribution is 2.64. The Labute approximate surface area is 412 Å². The molecule has 4 heteroatoms. The average Bonchev–Trinajstić information content (AvgIpc) is 4.25. The molecule has 0 fully saturated rings. The van der Waals surface area contributed by atoms with Gasteiger partial charge in [-0.1, -0.05) is 161 Å². The summed E-state index contributed by atoms with van der Waals surface area (Å²) in [5.41, 5.74) is 20.9. The number of rotatable bonds is 2. The average molecular weight is 923 g/mol. The standard InChI is InChI=1S/C68H42O4/c1-67(2)49-32-48(46-34-56-58(38-20-8-6-18-36(38)46)40-22-10-14-26-52(40)70-56)65-62(42-24-12-16-28-54(42)71-65)60(49)43-29-30-44-61-50(68(3,4)64(44)63(43)67)31-47(59-41-23-11-15-27-53(41)72-66(59)61)45-33-55-57(37-19-7-5-17-35(37)45)39-21-9-13-25-51(39)69-55/h5-34H,1-4H3. The lowest BCUT2D eigenvalue weighted by Crippen LogP contribution is -2.24. The summed E-state index contributed by atoms with van der Waals surface area (Å²) in [4.78, 5) is 0. The normalized spacial score (nSPS) is 14.6. The maximum absolute atomic E-state index is 7.19. The molecule has 0 spiro atoms. The Morgan fingerprint density at radius 2 is 0.639 bits per heavy atom. The third kappa shape index (κ3) is 4.65. The van der Waals surface area contributed by atoms with E-state index in [1.807, 2.05) is 6.07 Å². The van der Waals surface area contributed by atoms with Crippen LogP contribution in [0.25, 0.3) is 154 Å². The van der Waals surface area contributed by atoms with E-state index in [0.717, 1.165) is 110 Å². The Morgan fingerprint density at radius 3 is 1.17 bits per heavy atom. The Balaban J connectivity index is 0.948. The van der Waals surface area contributed by atoms with Crippen LogP contribution < -0.4 is 0 Å². The van der Waals surface area contributed by atoms with Gasteiger partial charge in [0.15, 0.2) is 0 Å². The second kappa shape index (κ2) is 13.1. The van der Waals surface area contributed by atoms with Crippen molar-refractivity contribution in [3.8, 4) is 44.5 Å². The van der Waals surface area contributed by atoms with Gasteiger partial charge in [0.1, 0.15) is 44.7 Å². The molecule has 338 valence electrons. The van der Waals surface area contributed by atoms with E-state index in [1.165, 1.54) is 66.1 Å². The van der Waals surface area contributed by atoms with Crippen LogP contribution in [0.5, 0.6) is 0 Å². The Kier molecular flexibility index (Phi) is 7.08. The first kappa shape index (κ1) is 38.9. The molecule has 0 aliphatic heterocycles. The lowest BCUT2D eigenvalue weighted by molar-refractivity contribution is 0.601. The van der Waals surface area contributed by atoms with Crippen LogP contribution in [-0.2, 0) is 10.8 Å². The molecule has 0 bridgehead atoms. The monoisotopic (exact) mass is 922 g/mol. The maximum atomic E-state index is 7.19. The number of hydrogen-bond donors (Lipinski definition) is 0. The van der Waals surface area contributed by atoms with E-state index in [2.05, 4.69) is 204 Å². The van der Waals surface area contributed by atoms with Gasteiger partial charge in [-0.25, -0.2) is 0 Å². The molecular formula is C68H42O4. The van der Waals surface area contributed by atoms with Crippen LogP contribution in [-0.4, -0.2) is 0 Å². The summed E-state index contributed by atoms with van der Waals surface area (Å²) in [6, 6.07) is 65.7. The third-order valence-corrected chi connectivity index (χ3v) is 17.0. The molecule has 0 unspecified atom stereocenters. The molecule has 11 aromatic carbocycles. The Morgan fingerprint density at radius 1 is 0.264 bits per heavy atom. The molecule has 0 N–H and O–H groups in total. The van der Waals surface area contributed by atoms with Gasteiger partial charge < -0.3 is 17.7 Å². The summed E-state index contributed by atoms with van der Waals surface area (Å²) >= 11 is 0. The Hall–Kier alpha value is -8.86. The van der Waals surface area contributed by atoms with Crippen LogP contribution in [0.1, 0.15) is 49.9 Å². The molecule has 15 aromatic rings. The fourth-order valence-corrected chi connectivity index (χ4v) is 14.0. The van der Waals surface area contributed by atoms with Crippen LogP contribution in [0, 0.1) is 0 Å². The van der Waals surface area contributed by atoms with Crippen LogP contribution in [0.3, 0.4) is 0 Å². The number of fused-ring (bicyclic) bond motifs is 25. The predicted octanol–water partition coefficient (Wildman–Crippen LogP) is 19.5. The van der Waals surface area contributed by atoms with Gasteiger partial charge in [-0.15, -0.1) is 0 Å². The second-order valence-corrected chi connectivity index (χ2v) is 21.3. The lowest BCUT2D eigenvalue weighted by Gasteiger charge is -2.31. The summed E-state index contributed by atoms with van der Waals surface area (Å²) in [6.07, 6.45) is 0. The number of hydrogen-bond acceptors (Lipinski definition) is 4. The highest BCUT2D eigenvalue weighted by atomic mass is 16.3. The van der Waals surface area contributed by atoms with Crippen LogP contribution >= 0.6 is 0 Å². The summed E-state index contributed by atoms with van der Waals surface area (Å²) in [7, 11) is 0. The fraction of sp³-hybridized carbons (Fsp3) is 0.0882. The molecule has 0 saturated carbocycles. The molecule has 4 nitrogen and oxygen atoms in total. The first-order valence-electron chi connectivity index (χ1n) is 25.1. The van der Waals surface area contributed by atoms with Crippen molar-refractivity contribution < 1.29 is 17.7 Å². The van der Waals surface area contributed by atoms with Gasteiger partial charge in [0.05, 0.1) is 0 Å². The maximum Gasteiger partial charge on any atom is 0.144 e. The smallest absolute Gasteiger partial charge is 0.144 e. The van der Waals surface area contributed by atoms with Crippen molar-refractivity contribution in [3.05, 3.63) is 204 Å². The molecular weight excluding hydrogens is 881 g/mol. The summed E-state index contributed by atoms with van der Waals surface area (Å²) < 4.78 is 27.7. The topological polar surface area (TPSA) is 52.6 Å². The van der Waals surface area contributed by atoms with E-state index in [-0.39, 0.29) is 0 Å². The van der Waals surface area contributed by atoms with Gasteiger partial charge in [-0.2, -0.15) is 0 Å². The summed E-state index contributed by atoms with van der Waals surface area (Å²) in [6.45, 7) is 9.73. The van der Waals surface area contributed by atoms with E-state index < -0.39 is 10.8 Å². The first-order chi connectivity index (χ1) is 35.2. The van der Waals surface area contributed by atoms with Crippen LogP contribution in [0.15, 0.2) is 200 Å². The summed E-state index contributed by atoms with van der Waals surface area (Å²) in [5, 5.41) is 13.8. The SMILES string of the molecule is CC1(C)c2cc(-c3cc4oc5ccccc5c4c4ccccc34)c3c(oc4ccccc43)c2-c2ccc3c(c21)C(C)(C)c1cc(-c2cc4oc5ccccc5c4c4ccccc24)c2oc4ccccc4c2c1-3. The molecule has 17 rings (SSSR count). The third-order valence-electron chi connectivity index (χ3n) is 17.0. The van der Waals surface area contributed by atoms with Gasteiger partial charge in [0, 0.05) is 65.0 Å². The zero-order chi connectivity index (χ0) is 47.5. The lowest BCUT2D eigenvalue weighted by atomic mass is 9.72. The molecule has 0 atom stereocenters. The van der Waals surface area contributed by atoms with Crippen molar-refractivity contribution in [2.45, 2.75) is 38.5 Å². The Bertz CT molecular complexity index is 4980. The summed E-state index contributed by atoms with van der Waals surface area (Å²) in [5.74, 6) is 0. The van der Waals surface area contributed by atoms with Gasteiger partial charge in [-0.3, -0.25) is 0 Å². The van der Waals surface area contributed by atoms with E-state index >= 15 is 0 Å². The quantitative estimate of drug-likeness (QED) is 0.173. The zero-order valence-electron chi connectivity index (χ0n) is 40.0. The van der Waals surface area contributed by atoms with E-state index in [1.54, 1.807) is 0 Å². The minimum Gasteiger partial charge on any atom is -0.456 e. The highest BCUT2D eigenvalue weighted by Gasteiger charge is 2.48. The first-order valence-corrected chi connectivity index (χ1v) is 25.1. The molecule has 4 aromatic heterocycles. The molecule has 0 radical (unpaired) electrons. The minimum absolute atomic E-state index is 0.408. The van der Waals surface area contributed by atoms with Gasteiger partial charge in [0.2, 0.25) is 0 Å². The van der Waals surface area contributed by atoms with Gasteiger partial charge in [-0.05, 0) is 126 Å². The van der Waals surface area contributed by atoms with E-state index in [9.17, 15) is 0 Å². The van der Waals surface area contributed by atoms with E-state index in [4.69, 9.17) is 17.7 Å². The number of furan rings is 4. The molecule has 72 heavy (non-hydrogen) atoms. The van der Waals surface area contributed by atoms with E-state index in [0.29, 0.717) is 0 Å². The largest absolute Gasteiger partial charge is 0.456 e. The van der Waals surface area contributed by atoms with Crippen LogP contribution in [0.4, 0.5) is 0 Å². The van der Waals surface area contributed by atoms with Crippen molar-refractivity contribution in [2.75, 3.05) is 0 Å². The fourth-order valence-electron chi connectivity index (χ4n) is 14.0. The molecule has 2 aliphatic rings. The number of para-hydroxylation sites is 4. The van der Waals surface area contributed by atoms with Gasteiger partial charge >= 0.3 is 0 Å². The van der Waals surface area contributed by atoms with Crippen molar-refractivity contribution in [2.24, 2.45) is 0 Å². The van der Waals surface area contributed by atoms with Crippen molar-refractivity contribution in [1.82, 2.24) is 0 Å². The molecule has 4 heterocycles. The van der Waals surface area contributed by atoms with Crippen LogP contribution in [0.2, 0.25) is 0 Å². The van der Waals surface area contributed by atoms with Gasteiger partial charge in [0.25, 0.3) is 0 Å². The highest BCUT2D eigenvalue weighted by molar-refractivity contribution is 6.28. The molecule has 0 amide bonds. The van der Waals surface area contributed by atoms with Crippen molar-refractivity contribution in [1.29, 1.82) is 0 Å². The molecule has 0 saturated heterocycles. The molecule has 2 aliphatic carbocycles. The van der Waals surface area contributed by atoms with Crippen molar-refractivity contribution >= 4 is 109 Å². The second-order valence-electron chi connectivity index (χ2n) is 21.3. The zero-order valence-corrected chi connectivity index (χ0v) is 40.0. The predicted molar refractivity (Wildman–Crippen MR) is 297 cm³/mol. The minimum atomic E-state index is -0.417.